The monoisotopic (exact) mass is 217 g/mol. The highest BCUT2D eigenvalue weighted by Crippen LogP contribution is 2.22. The van der Waals surface area contributed by atoms with Gasteiger partial charge in [-0.1, -0.05) is 18.2 Å². The Labute approximate surface area is 94.4 Å². The van der Waals surface area contributed by atoms with Gasteiger partial charge < -0.3 is 4.74 Å². The zero-order chi connectivity index (χ0) is 11.2. The Morgan fingerprint density at radius 3 is 3.00 bits per heavy atom. The van der Waals surface area contributed by atoms with Gasteiger partial charge in [0.1, 0.15) is 11.3 Å². The minimum absolute atomic E-state index is 0.639. The average molecular weight is 217 g/mol. The third-order valence-electron chi connectivity index (χ3n) is 2.32. The molecule has 1 aromatic carbocycles. The van der Waals surface area contributed by atoms with Crippen LogP contribution >= 0.6 is 0 Å². The molecule has 4 heteroatoms. The topological polar surface area (TPSA) is 60.2 Å². The molecule has 0 bridgehead atoms. The van der Waals surface area contributed by atoms with Crippen molar-refractivity contribution < 1.29 is 4.74 Å². The van der Waals surface area contributed by atoms with E-state index in [4.69, 9.17) is 10.6 Å². The van der Waals surface area contributed by atoms with E-state index in [0.717, 1.165) is 29.6 Å². The molecular formula is C12H15N3O. The summed E-state index contributed by atoms with van der Waals surface area (Å²) in [6, 6.07) is 9.88. The number of nitrogens with zero attached hydrogens (tertiary/aromatic N) is 1. The molecule has 0 aliphatic heterocycles. The van der Waals surface area contributed by atoms with Gasteiger partial charge in [0, 0.05) is 18.1 Å². The Kier molecular flexibility index (Phi) is 3.69. The second-order valence-electron chi connectivity index (χ2n) is 3.49. The lowest BCUT2D eigenvalue weighted by Gasteiger charge is -2.08. The minimum Gasteiger partial charge on any atom is -0.491 e. The van der Waals surface area contributed by atoms with Crippen molar-refractivity contribution in [2.75, 3.05) is 13.2 Å². The van der Waals surface area contributed by atoms with E-state index in [9.17, 15) is 0 Å². The van der Waals surface area contributed by atoms with Crippen molar-refractivity contribution in [1.29, 1.82) is 0 Å². The summed E-state index contributed by atoms with van der Waals surface area (Å²) in [5.41, 5.74) is 3.50. The number of ether oxygens (including phenoxy) is 1. The van der Waals surface area contributed by atoms with Crippen LogP contribution in [0.3, 0.4) is 0 Å². The van der Waals surface area contributed by atoms with E-state index in [1.807, 2.05) is 30.3 Å². The molecule has 2 rings (SSSR count). The maximum atomic E-state index is 5.66. The van der Waals surface area contributed by atoms with Gasteiger partial charge in [0.2, 0.25) is 0 Å². The Hall–Kier alpha value is -1.65. The van der Waals surface area contributed by atoms with Gasteiger partial charge in [-0.05, 0) is 18.6 Å². The molecule has 0 unspecified atom stereocenters. The zero-order valence-electron chi connectivity index (χ0n) is 9.02. The number of benzene rings is 1. The lowest BCUT2D eigenvalue weighted by Crippen LogP contribution is -2.24. The molecule has 0 atom stereocenters. The molecule has 0 saturated heterocycles. The van der Waals surface area contributed by atoms with E-state index in [1.54, 1.807) is 6.20 Å². The summed E-state index contributed by atoms with van der Waals surface area (Å²) in [4.78, 5) is 4.31. The van der Waals surface area contributed by atoms with Crippen molar-refractivity contribution in [3.8, 4) is 5.75 Å². The summed E-state index contributed by atoms with van der Waals surface area (Å²) < 4.78 is 5.66. The second-order valence-corrected chi connectivity index (χ2v) is 3.49. The van der Waals surface area contributed by atoms with Crippen molar-refractivity contribution in [3.63, 3.8) is 0 Å². The number of hydrogen-bond acceptors (Lipinski definition) is 4. The lowest BCUT2D eigenvalue weighted by atomic mass is 10.2. The third-order valence-corrected chi connectivity index (χ3v) is 2.32. The fourth-order valence-electron chi connectivity index (χ4n) is 1.55. The van der Waals surface area contributed by atoms with E-state index in [2.05, 4.69) is 10.4 Å². The molecule has 3 N–H and O–H groups in total. The first-order valence-electron chi connectivity index (χ1n) is 5.32. The molecule has 84 valence electrons. The largest absolute Gasteiger partial charge is 0.491 e. The van der Waals surface area contributed by atoms with Gasteiger partial charge in [-0.3, -0.25) is 16.3 Å². The van der Waals surface area contributed by atoms with Crippen LogP contribution < -0.4 is 16.0 Å². The van der Waals surface area contributed by atoms with Crippen LogP contribution in [0.5, 0.6) is 5.75 Å². The highest BCUT2D eigenvalue weighted by atomic mass is 16.5. The SMILES string of the molecule is NNCCCOc1cccc2cccnc12. The van der Waals surface area contributed by atoms with Crippen molar-refractivity contribution in [1.82, 2.24) is 10.4 Å². The summed E-state index contributed by atoms with van der Waals surface area (Å²) >= 11 is 0. The quantitative estimate of drug-likeness (QED) is 0.452. The predicted octanol–water partition coefficient (Wildman–Crippen LogP) is 1.47. The fraction of sp³-hybridized carbons (Fsp3) is 0.250. The molecule has 4 nitrogen and oxygen atoms in total. The van der Waals surface area contributed by atoms with Crippen LogP contribution in [0.2, 0.25) is 0 Å². The number of rotatable bonds is 5. The molecule has 0 aliphatic carbocycles. The Morgan fingerprint density at radius 2 is 2.12 bits per heavy atom. The molecule has 2 aromatic rings. The fourth-order valence-corrected chi connectivity index (χ4v) is 1.55. The van der Waals surface area contributed by atoms with Gasteiger partial charge >= 0.3 is 0 Å². The number of nitrogens with two attached hydrogens (primary N) is 1. The maximum Gasteiger partial charge on any atom is 0.145 e. The summed E-state index contributed by atoms with van der Waals surface area (Å²) in [5, 5.41) is 1.09. The smallest absolute Gasteiger partial charge is 0.145 e. The van der Waals surface area contributed by atoms with Crippen molar-refractivity contribution >= 4 is 10.9 Å². The van der Waals surface area contributed by atoms with Crippen molar-refractivity contribution in [2.24, 2.45) is 5.84 Å². The first kappa shape index (κ1) is 10.9. The Balaban J connectivity index is 2.11. The molecular weight excluding hydrogens is 202 g/mol. The summed E-state index contributed by atoms with van der Waals surface area (Å²) in [7, 11) is 0. The lowest BCUT2D eigenvalue weighted by molar-refractivity contribution is 0.311. The highest BCUT2D eigenvalue weighted by Gasteiger charge is 2.01. The number of hydrazine groups is 1. The second kappa shape index (κ2) is 5.44. The van der Waals surface area contributed by atoms with Crippen LogP contribution in [0.15, 0.2) is 36.5 Å². The van der Waals surface area contributed by atoms with Gasteiger partial charge in [-0.2, -0.15) is 0 Å². The molecule has 0 spiro atoms. The Morgan fingerprint density at radius 1 is 1.25 bits per heavy atom. The van der Waals surface area contributed by atoms with Crippen LogP contribution in [0.1, 0.15) is 6.42 Å². The number of aromatic nitrogens is 1. The van der Waals surface area contributed by atoms with Gasteiger partial charge in [0.25, 0.3) is 0 Å². The van der Waals surface area contributed by atoms with E-state index >= 15 is 0 Å². The Bertz CT molecular complexity index is 453. The zero-order valence-corrected chi connectivity index (χ0v) is 9.02. The summed E-state index contributed by atoms with van der Waals surface area (Å²) in [6.45, 7) is 1.39. The van der Waals surface area contributed by atoms with Gasteiger partial charge in [-0.15, -0.1) is 0 Å². The first-order chi connectivity index (χ1) is 7.92. The molecule has 0 radical (unpaired) electrons. The number of pyridine rings is 1. The first-order valence-corrected chi connectivity index (χ1v) is 5.32. The molecule has 1 heterocycles. The number of para-hydroxylation sites is 1. The molecule has 0 saturated carbocycles. The molecule has 0 aliphatic rings. The van der Waals surface area contributed by atoms with Gasteiger partial charge in [0.05, 0.1) is 6.61 Å². The van der Waals surface area contributed by atoms with Crippen molar-refractivity contribution in [3.05, 3.63) is 36.5 Å². The van der Waals surface area contributed by atoms with E-state index in [0.29, 0.717) is 6.61 Å². The van der Waals surface area contributed by atoms with Crippen molar-refractivity contribution in [2.45, 2.75) is 6.42 Å². The van der Waals surface area contributed by atoms with Crippen LogP contribution in [0.25, 0.3) is 10.9 Å². The molecule has 16 heavy (non-hydrogen) atoms. The van der Waals surface area contributed by atoms with Gasteiger partial charge in [-0.25, -0.2) is 0 Å². The van der Waals surface area contributed by atoms with E-state index in [1.165, 1.54) is 0 Å². The summed E-state index contributed by atoms with van der Waals surface area (Å²) in [6.07, 6.45) is 2.65. The van der Waals surface area contributed by atoms with E-state index in [-0.39, 0.29) is 0 Å². The van der Waals surface area contributed by atoms with Crippen LogP contribution in [0, 0.1) is 0 Å². The molecule has 0 amide bonds. The van der Waals surface area contributed by atoms with Crippen LogP contribution in [-0.4, -0.2) is 18.1 Å². The van der Waals surface area contributed by atoms with Crippen LogP contribution in [0.4, 0.5) is 0 Å². The highest BCUT2D eigenvalue weighted by molar-refractivity contribution is 5.84. The minimum atomic E-state index is 0.639. The maximum absolute atomic E-state index is 5.66. The standard InChI is InChI=1S/C12H15N3O/c13-15-8-3-9-16-11-6-1-4-10-5-2-7-14-12(10)11/h1-2,4-7,15H,3,8-9,13H2. The number of nitrogens with one attached hydrogen (secondary N) is 1. The number of fused-ring (bicyclic) bond motifs is 1. The molecule has 0 fully saturated rings. The molecule has 1 aromatic heterocycles. The number of hydrogen-bond donors (Lipinski definition) is 2. The average Bonchev–Trinajstić information content (AvgIpc) is 2.35. The van der Waals surface area contributed by atoms with Crippen LogP contribution in [-0.2, 0) is 0 Å². The van der Waals surface area contributed by atoms with E-state index < -0.39 is 0 Å². The van der Waals surface area contributed by atoms with Gasteiger partial charge in [0.15, 0.2) is 0 Å². The normalized spacial score (nSPS) is 10.6. The third kappa shape index (κ3) is 2.48. The summed E-state index contributed by atoms with van der Waals surface area (Å²) in [5.74, 6) is 6.01. The predicted molar refractivity (Wildman–Crippen MR) is 64.0 cm³/mol.